The first kappa shape index (κ1) is 25.7. The molecular weight excluding hydrogens is 322 g/mol. The smallest absolute Gasteiger partial charge is 0.126 e. The molecule has 0 fully saturated rings. The van der Waals surface area contributed by atoms with Gasteiger partial charge < -0.3 is 16.0 Å². The molecule has 0 aliphatic rings. The SMILES string of the molecule is CC.CC.CC.Cc1cc2cnc(N)cc2n1C.Cc1cccnc1N. The highest BCUT2D eigenvalue weighted by Gasteiger charge is 2.01. The Hall–Kier alpha value is -2.56. The molecule has 0 amide bonds. The van der Waals surface area contributed by atoms with E-state index in [0.29, 0.717) is 11.6 Å². The third-order valence-electron chi connectivity index (χ3n) is 3.24. The molecule has 3 aromatic rings. The van der Waals surface area contributed by atoms with Crippen LogP contribution in [0.15, 0.2) is 36.7 Å². The zero-order valence-electron chi connectivity index (χ0n) is 18.0. The molecule has 0 radical (unpaired) electrons. The van der Waals surface area contributed by atoms with Crippen molar-refractivity contribution >= 4 is 22.5 Å². The summed E-state index contributed by atoms with van der Waals surface area (Å²) in [6.07, 6.45) is 3.49. The number of pyridine rings is 2. The Labute approximate surface area is 159 Å². The number of nitrogens with two attached hydrogens (primary N) is 2. The number of hydrogen-bond acceptors (Lipinski definition) is 4. The molecule has 4 N–H and O–H groups in total. The van der Waals surface area contributed by atoms with Crippen molar-refractivity contribution in [2.75, 3.05) is 11.5 Å². The van der Waals surface area contributed by atoms with Crippen molar-refractivity contribution in [2.24, 2.45) is 7.05 Å². The summed E-state index contributed by atoms with van der Waals surface area (Å²) < 4.78 is 2.10. The maximum absolute atomic E-state index is 5.58. The molecule has 0 bridgehead atoms. The molecule has 5 nitrogen and oxygen atoms in total. The standard InChI is InChI=1S/C9H11N3.C6H8N2.3C2H6/c1-6-3-7-5-11-9(10)4-8(7)12(6)2;1-5-3-2-4-8-6(5)7;3*1-2/h3-5H,1-2H3,(H2,10,11);2-4H,1H3,(H2,7,8);3*1-2H3. The monoisotopic (exact) mass is 359 g/mol. The molecule has 0 aromatic carbocycles. The Morgan fingerprint density at radius 3 is 1.92 bits per heavy atom. The van der Waals surface area contributed by atoms with Crippen LogP contribution >= 0.6 is 0 Å². The molecule has 26 heavy (non-hydrogen) atoms. The summed E-state index contributed by atoms with van der Waals surface area (Å²) in [5.41, 5.74) is 14.4. The molecule has 0 saturated heterocycles. The molecule has 146 valence electrons. The second-order valence-electron chi connectivity index (χ2n) is 4.72. The van der Waals surface area contributed by atoms with Gasteiger partial charge in [-0.25, -0.2) is 9.97 Å². The first-order valence-corrected chi connectivity index (χ1v) is 9.33. The topological polar surface area (TPSA) is 82.8 Å². The number of nitrogen functional groups attached to an aromatic ring is 2. The van der Waals surface area contributed by atoms with Crippen molar-refractivity contribution < 1.29 is 0 Å². The normalized spacial score (nSPS) is 8.50. The van der Waals surface area contributed by atoms with Gasteiger partial charge in [0, 0.05) is 36.6 Å². The van der Waals surface area contributed by atoms with E-state index in [-0.39, 0.29) is 0 Å². The van der Waals surface area contributed by atoms with Gasteiger partial charge in [-0.2, -0.15) is 0 Å². The molecule has 0 spiro atoms. The van der Waals surface area contributed by atoms with E-state index < -0.39 is 0 Å². The van der Waals surface area contributed by atoms with Gasteiger partial charge in [-0.3, -0.25) is 0 Å². The molecule has 0 saturated carbocycles. The van der Waals surface area contributed by atoms with E-state index in [2.05, 4.69) is 27.5 Å². The van der Waals surface area contributed by atoms with E-state index in [4.69, 9.17) is 11.5 Å². The Morgan fingerprint density at radius 2 is 1.46 bits per heavy atom. The van der Waals surface area contributed by atoms with Gasteiger partial charge in [-0.15, -0.1) is 0 Å². The Morgan fingerprint density at radius 1 is 0.885 bits per heavy atom. The summed E-state index contributed by atoms with van der Waals surface area (Å²) in [6.45, 7) is 16.0. The minimum atomic E-state index is 0.573. The number of aromatic nitrogens is 3. The summed E-state index contributed by atoms with van der Waals surface area (Å²) in [5.74, 6) is 1.19. The summed E-state index contributed by atoms with van der Waals surface area (Å²) in [5, 5.41) is 1.14. The van der Waals surface area contributed by atoms with Gasteiger partial charge in [0.1, 0.15) is 11.6 Å². The van der Waals surface area contributed by atoms with Gasteiger partial charge in [-0.05, 0) is 31.5 Å². The Balaban J connectivity index is 0. The van der Waals surface area contributed by atoms with Crippen LogP contribution in [-0.2, 0) is 7.05 Å². The maximum Gasteiger partial charge on any atom is 0.126 e. The molecule has 3 rings (SSSR count). The average molecular weight is 360 g/mol. The van der Waals surface area contributed by atoms with E-state index in [9.17, 15) is 0 Å². The lowest BCUT2D eigenvalue weighted by Gasteiger charge is -1.98. The number of rotatable bonds is 0. The third kappa shape index (κ3) is 8.01. The molecular formula is C21H37N5. The average Bonchev–Trinajstić information content (AvgIpc) is 2.97. The second-order valence-corrected chi connectivity index (χ2v) is 4.72. The molecule has 0 unspecified atom stereocenters. The van der Waals surface area contributed by atoms with Crippen LogP contribution in [-0.4, -0.2) is 14.5 Å². The van der Waals surface area contributed by atoms with Gasteiger partial charge in [0.05, 0.1) is 5.52 Å². The first-order chi connectivity index (χ1) is 12.5. The van der Waals surface area contributed by atoms with Crippen molar-refractivity contribution in [1.29, 1.82) is 0 Å². The first-order valence-electron chi connectivity index (χ1n) is 9.33. The lowest BCUT2D eigenvalue weighted by Crippen LogP contribution is -1.92. The lowest BCUT2D eigenvalue weighted by molar-refractivity contribution is 0.918. The minimum absolute atomic E-state index is 0.573. The molecule has 0 atom stereocenters. The van der Waals surface area contributed by atoms with Crippen LogP contribution in [0.4, 0.5) is 11.6 Å². The lowest BCUT2D eigenvalue weighted by atomic mass is 10.3. The maximum atomic E-state index is 5.58. The van der Waals surface area contributed by atoms with E-state index in [1.54, 1.807) is 12.4 Å². The fourth-order valence-corrected chi connectivity index (χ4v) is 1.88. The zero-order valence-corrected chi connectivity index (χ0v) is 18.0. The second kappa shape index (κ2) is 14.8. The highest BCUT2D eigenvalue weighted by molar-refractivity contribution is 5.82. The predicted octanol–water partition coefficient (Wildman–Crippen LogP) is 5.51. The van der Waals surface area contributed by atoms with E-state index >= 15 is 0 Å². The van der Waals surface area contributed by atoms with Crippen molar-refractivity contribution in [3.05, 3.63) is 47.9 Å². The predicted molar refractivity (Wildman–Crippen MR) is 117 cm³/mol. The Kier molecular flexibility index (Phi) is 14.6. The molecule has 0 aliphatic heterocycles. The molecule has 3 aromatic heterocycles. The van der Waals surface area contributed by atoms with Gasteiger partial charge in [0.15, 0.2) is 0 Å². The van der Waals surface area contributed by atoms with Crippen LogP contribution in [0.2, 0.25) is 0 Å². The summed E-state index contributed by atoms with van der Waals surface area (Å²) >= 11 is 0. The molecule has 3 heterocycles. The summed E-state index contributed by atoms with van der Waals surface area (Å²) in [7, 11) is 2.02. The largest absolute Gasteiger partial charge is 0.384 e. The van der Waals surface area contributed by atoms with E-state index in [1.165, 1.54) is 5.69 Å². The van der Waals surface area contributed by atoms with Crippen molar-refractivity contribution in [1.82, 2.24) is 14.5 Å². The van der Waals surface area contributed by atoms with Gasteiger partial charge in [-0.1, -0.05) is 47.6 Å². The summed E-state index contributed by atoms with van der Waals surface area (Å²) in [6, 6.07) is 7.79. The zero-order chi connectivity index (χ0) is 20.7. The molecule has 0 aliphatic carbocycles. The van der Waals surface area contributed by atoms with Gasteiger partial charge >= 0.3 is 0 Å². The van der Waals surface area contributed by atoms with Crippen molar-refractivity contribution in [2.45, 2.75) is 55.4 Å². The highest BCUT2D eigenvalue weighted by Crippen LogP contribution is 2.18. The number of nitrogens with zero attached hydrogens (tertiary/aromatic N) is 3. The number of hydrogen-bond donors (Lipinski definition) is 2. The minimum Gasteiger partial charge on any atom is -0.384 e. The highest BCUT2D eigenvalue weighted by atomic mass is 15.0. The fourth-order valence-electron chi connectivity index (χ4n) is 1.88. The van der Waals surface area contributed by atoms with Crippen LogP contribution in [0, 0.1) is 13.8 Å². The van der Waals surface area contributed by atoms with Gasteiger partial charge in [0.25, 0.3) is 0 Å². The third-order valence-corrected chi connectivity index (χ3v) is 3.24. The van der Waals surface area contributed by atoms with Gasteiger partial charge in [0.2, 0.25) is 0 Å². The number of anilines is 2. The van der Waals surface area contributed by atoms with Crippen LogP contribution in [0.5, 0.6) is 0 Å². The van der Waals surface area contributed by atoms with Crippen molar-refractivity contribution in [3.8, 4) is 0 Å². The van der Waals surface area contributed by atoms with E-state index in [1.807, 2.05) is 73.7 Å². The van der Waals surface area contributed by atoms with Crippen molar-refractivity contribution in [3.63, 3.8) is 0 Å². The van der Waals surface area contributed by atoms with Crippen LogP contribution < -0.4 is 11.5 Å². The quantitative estimate of drug-likeness (QED) is 0.554. The molecule has 5 heteroatoms. The van der Waals surface area contributed by atoms with E-state index in [0.717, 1.165) is 16.5 Å². The fraction of sp³-hybridized carbons (Fsp3) is 0.429. The van der Waals surface area contributed by atoms with Crippen LogP contribution in [0.25, 0.3) is 10.9 Å². The number of aryl methyl sites for hydroxylation is 3. The number of fused-ring (bicyclic) bond motifs is 1. The van der Waals surface area contributed by atoms with Crippen LogP contribution in [0.3, 0.4) is 0 Å². The Bertz CT molecular complexity index is 711. The van der Waals surface area contributed by atoms with Crippen LogP contribution in [0.1, 0.15) is 52.8 Å². The summed E-state index contributed by atoms with van der Waals surface area (Å²) in [4.78, 5) is 7.88.